The number of hydrogen-bond acceptors (Lipinski definition) is 3. The highest BCUT2D eigenvalue weighted by atomic mass is 32.1. The number of aromatic amines is 1. The van der Waals surface area contributed by atoms with Crippen LogP contribution in [0.15, 0.2) is 36.5 Å². The summed E-state index contributed by atoms with van der Waals surface area (Å²) in [6.07, 6.45) is 1.80. The monoisotopic (exact) mass is 284 g/mol. The van der Waals surface area contributed by atoms with Crippen molar-refractivity contribution in [3.8, 4) is 11.4 Å². The fraction of sp³-hybridized carbons (Fsp3) is 0.267. The highest BCUT2D eigenvalue weighted by Gasteiger charge is 2.10. The first-order valence-corrected chi connectivity index (χ1v) is 7.06. The van der Waals surface area contributed by atoms with E-state index in [1.807, 2.05) is 18.2 Å². The average Bonchev–Trinajstić information content (AvgIpc) is 2.79. The van der Waals surface area contributed by atoms with Crippen LogP contribution in [0.4, 0.5) is 0 Å². The van der Waals surface area contributed by atoms with Gasteiger partial charge in [-0.1, -0.05) is 19.9 Å². The van der Waals surface area contributed by atoms with E-state index in [0.717, 1.165) is 28.8 Å². The maximum Gasteiger partial charge on any atom is 0.195 e. The summed E-state index contributed by atoms with van der Waals surface area (Å²) in [5.41, 5.74) is 2.04. The van der Waals surface area contributed by atoms with Gasteiger partial charge in [-0.15, -0.1) is 0 Å². The number of benzene rings is 1. The molecular formula is C15H16N4S. The normalized spacial score (nSPS) is 11.3. The third kappa shape index (κ3) is 2.36. The lowest BCUT2D eigenvalue weighted by molar-refractivity contribution is 0.521. The van der Waals surface area contributed by atoms with Crippen LogP contribution >= 0.6 is 12.2 Å². The standard InChI is InChI=1S/C15H16N4S/c1-10(2)9-19-14(17-18-15(19)20)12-5-6-13-11(8-12)4-3-7-16-13/h3-8,10H,9H2,1-2H3,(H,18,20). The molecule has 0 aliphatic rings. The van der Waals surface area contributed by atoms with Gasteiger partial charge in [-0.25, -0.2) is 0 Å². The quantitative estimate of drug-likeness (QED) is 0.744. The Hall–Kier alpha value is -2.01. The smallest absolute Gasteiger partial charge is 0.195 e. The Bertz CT molecular complexity index is 801. The number of hydrogen-bond donors (Lipinski definition) is 1. The van der Waals surface area contributed by atoms with E-state index in [9.17, 15) is 0 Å². The summed E-state index contributed by atoms with van der Waals surface area (Å²) >= 11 is 5.32. The molecule has 5 heteroatoms. The Morgan fingerprint density at radius 3 is 2.95 bits per heavy atom. The van der Waals surface area contributed by atoms with E-state index in [-0.39, 0.29) is 0 Å². The molecule has 0 fully saturated rings. The molecule has 0 saturated carbocycles. The Morgan fingerprint density at radius 1 is 1.30 bits per heavy atom. The molecule has 0 bridgehead atoms. The molecule has 0 amide bonds. The number of fused-ring (bicyclic) bond motifs is 1. The second-order valence-electron chi connectivity index (χ2n) is 5.27. The number of pyridine rings is 1. The molecule has 102 valence electrons. The number of nitrogens with one attached hydrogen (secondary N) is 1. The highest BCUT2D eigenvalue weighted by molar-refractivity contribution is 7.71. The lowest BCUT2D eigenvalue weighted by Gasteiger charge is -2.09. The van der Waals surface area contributed by atoms with Gasteiger partial charge in [0.1, 0.15) is 0 Å². The summed E-state index contributed by atoms with van der Waals surface area (Å²) in [5, 5.41) is 8.37. The van der Waals surface area contributed by atoms with E-state index in [2.05, 4.69) is 45.7 Å². The van der Waals surface area contributed by atoms with Gasteiger partial charge in [-0.3, -0.25) is 14.6 Å². The molecule has 3 aromatic rings. The highest BCUT2D eigenvalue weighted by Crippen LogP contribution is 2.22. The lowest BCUT2D eigenvalue weighted by Crippen LogP contribution is -2.06. The number of H-pyrrole nitrogens is 1. The van der Waals surface area contributed by atoms with Gasteiger partial charge in [0.05, 0.1) is 5.52 Å². The maximum atomic E-state index is 5.32. The summed E-state index contributed by atoms with van der Waals surface area (Å²) < 4.78 is 2.72. The number of nitrogens with zero attached hydrogens (tertiary/aromatic N) is 3. The molecule has 2 heterocycles. The van der Waals surface area contributed by atoms with Crippen LogP contribution in [-0.4, -0.2) is 19.7 Å². The maximum absolute atomic E-state index is 5.32. The molecule has 20 heavy (non-hydrogen) atoms. The Balaban J connectivity index is 2.13. The van der Waals surface area contributed by atoms with E-state index in [4.69, 9.17) is 12.2 Å². The Labute approximate surface area is 122 Å². The zero-order chi connectivity index (χ0) is 14.1. The second-order valence-corrected chi connectivity index (χ2v) is 5.65. The molecule has 0 aliphatic carbocycles. The van der Waals surface area contributed by atoms with Crippen LogP contribution in [0.5, 0.6) is 0 Å². The largest absolute Gasteiger partial charge is 0.300 e. The van der Waals surface area contributed by atoms with Gasteiger partial charge >= 0.3 is 0 Å². The van der Waals surface area contributed by atoms with E-state index < -0.39 is 0 Å². The fourth-order valence-electron chi connectivity index (χ4n) is 2.29. The Kier molecular flexibility index (Phi) is 3.36. The van der Waals surface area contributed by atoms with Crippen molar-refractivity contribution in [2.45, 2.75) is 20.4 Å². The van der Waals surface area contributed by atoms with Crippen LogP contribution in [0, 0.1) is 10.7 Å². The van der Waals surface area contributed by atoms with E-state index >= 15 is 0 Å². The molecule has 0 saturated heterocycles. The van der Waals surface area contributed by atoms with Crippen molar-refractivity contribution in [1.29, 1.82) is 0 Å². The molecule has 0 unspecified atom stereocenters. The first-order valence-electron chi connectivity index (χ1n) is 6.65. The van der Waals surface area contributed by atoms with Crippen molar-refractivity contribution < 1.29 is 0 Å². The van der Waals surface area contributed by atoms with Crippen LogP contribution in [0.3, 0.4) is 0 Å². The third-order valence-electron chi connectivity index (χ3n) is 3.17. The summed E-state index contributed by atoms with van der Waals surface area (Å²) in [5.74, 6) is 1.40. The predicted molar refractivity (Wildman–Crippen MR) is 83.0 cm³/mol. The molecule has 3 rings (SSSR count). The van der Waals surface area contributed by atoms with Crippen LogP contribution < -0.4 is 0 Å². The minimum atomic E-state index is 0.514. The van der Waals surface area contributed by atoms with Crippen LogP contribution in [0.2, 0.25) is 0 Å². The molecule has 0 radical (unpaired) electrons. The molecule has 4 nitrogen and oxygen atoms in total. The van der Waals surface area contributed by atoms with Gasteiger partial charge in [0.25, 0.3) is 0 Å². The van der Waals surface area contributed by atoms with Crippen LogP contribution in [0.25, 0.3) is 22.3 Å². The minimum absolute atomic E-state index is 0.514. The molecule has 0 atom stereocenters. The molecule has 0 aliphatic heterocycles. The molecule has 0 spiro atoms. The van der Waals surface area contributed by atoms with Gasteiger partial charge in [-0.2, -0.15) is 5.10 Å². The van der Waals surface area contributed by atoms with Gasteiger partial charge in [-0.05, 0) is 42.4 Å². The minimum Gasteiger partial charge on any atom is -0.300 e. The van der Waals surface area contributed by atoms with Crippen molar-refractivity contribution in [3.05, 3.63) is 41.3 Å². The molecule has 1 aromatic carbocycles. The zero-order valence-electron chi connectivity index (χ0n) is 11.5. The van der Waals surface area contributed by atoms with Crippen LogP contribution in [-0.2, 0) is 6.54 Å². The molecule has 2 aromatic heterocycles. The summed E-state index contributed by atoms with van der Waals surface area (Å²) in [6, 6.07) is 10.2. The van der Waals surface area contributed by atoms with Gasteiger partial charge in [0, 0.05) is 23.7 Å². The number of rotatable bonds is 3. The summed E-state index contributed by atoms with van der Waals surface area (Å²) in [6.45, 7) is 5.20. The van der Waals surface area contributed by atoms with E-state index in [1.165, 1.54) is 0 Å². The van der Waals surface area contributed by atoms with Crippen molar-refractivity contribution in [2.75, 3.05) is 0 Å². The van der Waals surface area contributed by atoms with Gasteiger partial charge in [0.2, 0.25) is 0 Å². The zero-order valence-corrected chi connectivity index (χ0v) is 12.3. The van der Waals surface area contributed by atoms with Crippen LogP contribution in [0.1, 0.15) is 13.8 Å². The van der Waals surface area contributed by atoms with Gasteiger partial charge < -0.3 is 0 Å². The Morgan fingerprint density at radius 2 is 2.15 bits per heavy atom. The predicted octanol–water partition coefficient (Wildman–Crippen LogP) is 3.81. The average molecular weight is 284 g/mol. The summed E-state index contributed by atoms with van der Waals surface area (Å²) in [4.78, 5) is 4.34. The second kappa shape index (κ2) is 5.17. The van der Waals surface area contributed by atoms with Crippen molar-refractivity contribution >= 4 is 23.1 Å². The third-order valence-corrected chi connectivity index (χ3v) is 3.48. The lowest BCUT2D eigenvalue weighted by atomic mass is 10.1. The fourth-order valence-corrected chi connectivity index (χ4v) is 2.49. The first kappa shape index (κ1) is 13.0. The topological polar surface area (TPSA) is 46.5 Å². The van der Waals surface area contributed by atoms with Gasteiger partial charge in [0.15, 0.2) is 10.6 Å². The van der Waals surface area contributed by atoms with Crippen molar-refractivity contribution in [2.24, 2.45) is 5.92 Å². The van der Waals surface area contributed by atoms with Crippen molar-refractivity contribution in [3.63, 3.8) is 0 Å². The summed E-state index contributed by atoms with van der Waals surface area (Å²) in [7, 11) is 0. The van der Waals surface area contributed by atoms with E-state index in [0.29, 0.717) is 10.7 Å². The first-order chi connectivity index (χ1) is 9.65. The van der Waals surface area contributed by atoms with Crippen molar-refractivity contribution in [1.82, 2.24) is 19.7 Å². The van der Waals surface area contributed by atoms with E-state index in [1.54, 1.807) is 6.20 Å². The molecule has 1 N–H and O–H groups in total. The SMILES string of the molecule is CC(C)Cn1c(-c2ccc3ncccc3c2)n[nH]c1=S. The molecular weight excluding hydrogens is 268 g/mol. The number of aromatic nitrogens is 4.